The van der Waals surface area contributed by atoms with E-state index in [2.05, 4.69) is 5.92 Å². The molecule has 0 aromatic carbocycles. The van der Waals surface area contributed by atoms with Gasteiger partial charge in [0.25, 0.3) is 0 Å². The fourth-order valence-corrected chi connectivity index (χ4v) is 0.574. The SMILES string of the molecule is C#CCOCSC(C)=N. The lowest BCUT2D eigenvalue weighted by molar-refractivity contribution is 0.223. The highest BCUT2D eigenvalue weighted by Crippen LogP contribution is 2.00. The fourth-order valence-electron chi connectivity index (χ4n) is 0.231. The zero-order valence-corrected chi connectivity index (χ0v) is 6.12. The minimum atomic E-state index is 0.334. The second kappa shape index (κ2) is 5.67. The molecule has 50 valence electrons. The molecular weight excluding hydrogens is 134 g/mol. The molecule has 3 heteroatoms. The second-order valence-electron chi connectivity index (χ2n) is 1.37. The van der Waals surface area contributed by atoms with Gasteiger partial charge in [-0.15, -0.1) is 6.42 Å². The van der Waals surface area contributed by atoms with Crippen molar-refractivity contribution >= 4 is 16.8 Å². The van der Waals surface area contributed by atoms with E-state index in [1.807, 2.05) is 0 Å². The average Bonchev–Trinajstić information content (AvgIpc) is 1.80. The van der Waals surface area contributed by atoms with E-state index in [4.69, 9.17) is 16.6 Å². The highest BCUT2D eigenvalue weighted by Gasteiger charge is 1.86. The summed E-state index contributed by atoms with van der Waals surface area (Å²) in [6.45, 7) is 2.05. The Bertz CT molecular complexity index is 128. The largest absolute Gasteiger partial charge is 0.358 e. The molecule has 0 saturated carbocycles. The van der Waals surface area contributed by atoms with Crippen molar-refractivity contribution in [2.45, 2.75) is 6.92 Å². The lowest BCUT2D eigenvalue weighted by Crippen LogP contribution is -1.92. The van der Waals surface area contributed by atoms with E-state index in [0.717, 1.165) is 0 Å². The van der Waals surface area contributed by atoms with Crippen LogP contribution >= 0.6 is 11.8 Å². The highest BCUT2D eigenvalue weighted by atomic mass is 32.2. The van der Waals surface area contributed by atoms with E-state index in [1.165, 1.54) is 11.8 Å². The average molecular weight is 143 g/mol. The first-order chi connectivity index (χ1) is 4.27. The number of hydrogen-bond acceptors (Lipinski definition) is 3. The van der Waals surface area contributed by atoms with Crippen LogP contribution in [0.3, 0.4) is 0 Å². The summed E-state index contributed by atoms with van der Waals surface area (Å²) in [6.07, 6.45) is 4.91. The predicted octanol–water partition coefficient (Wildman–Crippen LogP) is 1.32. The van der Waals surface area contributed by atoms with Crippen molar-refractivity contribution in [1.82, 2.24) is 0 Å². The molecule has 0 fully saturated rings. The third kappa shape index (κ3) is 7.54. The first-order valence-corrected chi connectivity index (χ1v) is 3.45. The van der Waals surface area contributed by atoms with Crippen LogP contribution in [0.1, 0.15) is 6.92 Å². The summed E-state index contributed by atoms with van der Waals surface area (Å²) in [4.78, 5) is 0. The number of hydrogen-bond donors (Lipinski definition) is 1. The third-order valence-corrected chi connectivity index (χ3v) is 1.26. The van der Waals surface area contributed by atoms with E-state index in [9.17, 15) is 0 Å². The standard InChI is InChI=1S/C6H9NOS/c1-3-4-8-5-9-6(2)7/h1,7H,4-5H2,2H3. The zero-order chi connectivity index (χ0) is 7.11. The van der Waals surface area contributed by atoms with Gasteiger partial charge < -0.3 is 4.74 Å². The van der Waals surface area contributed by atoms with E-state index in [-0.39, 0.29) is 0 Å². The van der Waals surface area contributed by atoms with Crippen molar-refractivity contribution in [1.29, 1.82) is 5.41 Å². The summed E-state index contributed by atoms with van der Waals surface area (Å²) in [7, 11) is 0. The van der Waals surface area contributed by atoms with E-state index in [1.54, 1.807) is 6.92 Å². The molecule has 0 aliphatic rings. The Morgan fingerprint density at radius 3 is 3.00 bits per heavy atom. The predicted molar refractivity (Wildman–Crippen MR) is 40.6 cm³/mol. The van der Waals surface area contributed by atoms with Gasteiger partial charge in [0.1, 0.15) is 6.61 Å². The van der Waals surface area contributed by atoms with Crippen molar-refractivity contribution in [2.24, 2.45) is 0 Å². The topological polar surface area (TPSA) is 33.1 Å². The maximum absolute atomic E-state index is 6.96. The number of ether oxygens (including phenoxy) is 1. The van der Waals surface area contributed by atoms with Gasteiger partial charge in [-0.1, -0.05) is 17.7 Å². The van der Waals surface area contributed by atoms with Gasteiger partial charge in [-0.05, 0) is 6.92 Å². The van der Waals surface area contributed by atoms with Crippen LogP contribution in [0.25, 0.3) is 0 Å². The molecule has 0 spiro atoms. The highest BCUT2D eigenvalue weighted by molar-refractivity contribution is 8.13. The van der Waals surface area contributed by atoms with Gasteiger partial charge in [-0.25, -0.2) is 0 Å². The minimum absolute atomic E-state index is 0.334. The zero-order valence-electron chi connectivity index (χ0n) is 5.31. The molecular formula is C6H9NOS. The Balaban J connectivity index is 2.94. The van der Waals surface area contributed by atoms with Gasteiger partial charge in [0.15, 0.2) is 0 Å². The first kappa shape index (κ1) is 8.54. The number of thioether (sulfide) groups is 1. The van der Waals surface area contributed by atoms with Crippen LogP contribution in [0.5, 0.6) is 0 Å². The first-order valence-electron chi connectivity index (χ1n) is 2.46. The molecule has 9 heavy (non-hydrogen) atoms. The maximum atomic E-state index is 6.96. The van der Waals surface area contributed by atoms with Gasteiger partial charge in [-0.3, -0.25) is 5.41 Å². The van der Waals surface area contributed by atoms with Crippen molar-refractivity contribution in [3.63, 3.8) is 0 Å². The molecule has 0 atom stereocenters. The van der Waals surface area contributed by atoms with Gasteiger partial charge in [0.05, 0.1) is 11.0 Å². The molecule has 0 rings (SSSR count). The summed E-state index contributed by atoms with van der Waals surface area (Å²) < 4.78 is 4.88. The van der Waals surface area contributed by atoms with Crippen LogP contribution < -0.4 is 0 Å². The Morgan fingerprint density at radius 1 is 1.89 bits per heavy atom. The quantitative estimate of drug-likeness (QED) is 0.212. The van der Waals surface area contributed by atoms with Crippen molar-refractivity contribution in [3.05, 3.63) is 0 Å². The van der Waals surface area contributed by atoms with Crippen molar-refractivity contribution < 1.29 is 4.74 Å². The van der Waals surface area contributed by atoms with Gasteiger partial charge in [0.2, 0.25) is 0 Å². The summed E-state index contributed by atoms with van der Waals surface area (Å²) in [5.41, 5.74) is 0. The van der Waals surface area contributed by atoms with Gasteiger partial charge in [-0.2, -0.15) is 0 Å². The van der Waals surface area contributed by atoms with Crippen LogP contribution in [0.4, 0.5) is 0 Å². The Hall–Kier alpha value is -0.460. The normalized spacial score (nSPS) is 8.44. The van der Waals surface area contributed by atoms with E-state index >= 15 is 0 Å². The lowest BCUT2D eigenvalue weighted by Gasteiger charge is -1.95. The van der Waals surface area contributed by atoms with Crippen molar-refractivity contribution in [2.75, 3.05) is 12.5 Å². The molecule has 0 bridgehead atoms. The molecule has 0 amide bonds. The molecule has 0 radical (unpaired) electrons. The summed E-state index contributed by atoms with van der Waals surface area (Å²) in [5, 5.41) is 7.51. The molecule has 1 N–H and O–H groups in total. The smallest absolute Gasteiger partial charge is 0.108 e. The molecule has 0 aromatic heterocycles. The summed E-state index contributed by atoms with van der Waals surface area (Å²) in [5.74, 6) is 2.82. The molecule has 0 unspecified atom stereocenters. The molecule has 0 aliphatic carbocycles. The second-order valence-corrected chi connectivity index (χ2v) is 2.51. The molecule has 0 saturated heterocycles. The van der Waals surface area contributed by atoms with E-state index in [0.29, 0.717) is 17.6 Å². The Labute approximate surface area is 59.5 Å². The fraction of sp³-hybridized carbons (Fsp3) is 0.500. The summed E-state index contributed by atoms with van der Waals surface area (Å²) in [6, 6.07) is 0. The number of rotatable bonds is 3. The lowest BCUT2D eigenvalue weighted by atomic mass is 10.8. The van der Waals surface area contributed by atoms with Crippen LogP contribution in [0.15, 0.2) is 0 Å². The maximum Gasteiger partial charge on any atom is 0.108 e. The molecule has 0 aromatic rings. The Morgan fingerprint density at radius 2 is 2.56 bits per heavy atom. The van der Waals surface area contributed by atoms with Crippen LogP contribution in [0.2, 0.25) is 0 Å². The molecule has 0 heterocycles. The molecule has 0 aliphatic heterocycles. The monoisotopic (exact) mass is 143 g/mol. The van der Waals surface area contributed by atoms with Crippen LogP contribution in [-0.2, 0) is 4.74 Å². The van der Waals surface area contributed by atoms with Crippen LogP contribution in [0, 0.1) is 17.8 Å². The van der Waals surface area contributed by atoms with Crippen LogP contribution in [-0.4, -0.2) is 17.6 Å². The molecule has 2 nitrogen and oxygen atoms in total. The number of terminal acetylenes is 1. The summed E-state index contributed by atoms with van der Waals surface area (Å²) >= 11 is 1.34. The van der Waals surface area contributed by atoms with E-state index < -0.39 is 0 Å². The number of nitrogens with one attached hydrogen (secondary N) is 1. The minimum Gasteiger partial charge on any atom is -0.358 e. The Kier molecular flexibility index (Phi) is 5.38. The van der Waals surface area contributed by atoms with Crippen molar-refractivity contribution in [3.8, 4) is 12.3 Å². The van der Waals surface area contributed by atoms with Gasteiger partial charge >= 0.3 is 0 Å². The van der Waals surface area contributed by atoms with Gasteiger partial charge in [0, 0.05) is 0 Å². The third-order valence-electron chi connectivity index (χ3n) is 0.544.